The van der Waals surface area contributed by atoms with Crippen LogP contribution in [-0.2, 0) is 22.5 Å². The van der Waals surface area contributed by atoms with E-state index in [2.05, 4.69) is 5.10 Å². The maximum absolute atomic E-state index is 13.2. The van der Waals surface area contributed by atoms with E-state index in [4.69, 9.17) is 9.47 Å². The number of amides is 1. The highest BCUT2D eigenvalue weighted by atomic mass is 16.5. The molecule has 4 rings (SSSR count). The molecular weight excluding hydrogens is 378 g/mol. The fourth-order valence-corrected chi connectivity index (χ4v) is 3.74. The monoisotopic (exact) mass is 405 g/mol. The molecular formula is C24H27N3O3. The Balaban J connectivity index is 1.48. The molecule has 2 heterocycles. The van der Waals surface area contributed by atoms with E-state index in [-0.39, 0.29) is 12.0 Å². The van der Waals surface area contributed by atoms with E-state index in [1.807, 2.05) is 65.7 Å². The average molecular weight is 405 g/mol. The van der Waals surface area contributed by atoms with E-state index in [1.54, 1.807) is 18.0 Å². The van der Waals surface area contributed by atoms with E-state index in [1.165, 1.54) is 0 Å². The van der Waals surface area contributed by atoms with Gasteiger partial charge < -0.3 is 14.4 Å². The number of para-hydroxylation sites is 1. The van der Waals surface area contributed by atoms with Crippen LogP contribution in [0, 0.1) is 0 Å². The van der Waals surface area contributed by atoms with E-state index in [9.17, 15) is 4.79 Å². The van der Waals surface area contributed by atoms with Crippen molar-refractivity contribution < 1.29 is 14.3 Å². The lowest BCUT2D eigenvalue weighted by Gasteiger charge is -2.26. The van der Waals surface area contributed by atoms with Gasteiger partial charge in [0.2, 0.25) is 5.91 Å². The van der Waals surface area contributed by atoms with Crippen LogP contribution >= 0.6 is 0 Å². The molecule has 30 heavy (non-hydrogen) atoms. The summed E-state index contributed by atoms with van der Waals surface area (Å²) in [7, 11) is 1.65. The number of carbonyl (C=O) groups is 1. The minimum atomic E-state index is 0.0703. The lowest BCUT2D eigenvalue weighted by molar-refractivity contribution is -0.132. The molecule has 1 amide bonds. The molecule has 1 fully saturated rings. The van der Waals surface area contributed by atoms with Gasteiger partial charge in [-0.2, -0.15) is 5.10 Å². The Morgan fingerprint density at radius 2 is 2.07 bits per heavy atom. The summed E-state index contributed by atoms with van der Waals surface area (Å²) >= 11 is 0. The summed E-state index contributed by atoms with van der Waals surface area (Å²) in [6, 6.07) is 17.8. The molecule has 1 aliphatic rings. The summed E-state index contributed by atoms with van der Waals surface area (Å²) < 4.78 is 12.9. The van der Waals surface area contributed by atoms with Gasteiger partial charge in [0, 0.05) is 25.9 Å². The summed E-state index contributed by atoms with van der Waals surface area (Å²) in [5.41, 5.74) is 2.91. The fourth-order valence-electron chi connectivity index (χ4n) is 3.74. The van der Waals surface area contributed by atoms with Gasteiger partial charge in [0.15, 0.2) is 0 Å². The molecule has 1 atom stereocenters. The summed E-state index contributed by atoms with van der Waals surface area (Å²) in [6.07, 6.45) is 6.14. The number of ether oxygens (including phenoxy) is 2. The van der Waals surface area contributed by atoms with E-state index >= 15 is 0 Å². The topological polar surface area (TPSA) is 56.6 Å². The standard InChI is InChI=1S/C24H27N3O3/c1-29-22-10-5-7-19(13-22)16-26(18-23-11-6-12-30-23)24(28)14-20-15-25-27(17-20)21-8-3-2-4-9-21/h2-5,7-10,13,15,17,23H,6,11-12,14,16,18H2,1H3. The molecule has 0 N–H and O–H groups in total. The second kappa shape index (κ2) is 9.59. The van der Waals surface area contributed by atoms with Crippen molar-refractivity contribution in [2.45, 2.75) is 31.9 Å². The number of nitrogens with zero attached hydrogens (tertiary/aromatic N) is 3. The van der Waals surface area contributed by atoms with Crippen molar-refractivity contribution in [1.29, 1.82) is 0 Å². The quantitative estimate of drug-likeness (QED) is 0.574. The highest BCUT2D eigenvalue weighted by Gasteiger charge is 2.23. The largest absolute Gasteiger partial charge is 0.497 e. The second-order valence-corrected chi connectivity index (χ2v) is 7.57. The SMILES string of the molecule is COc1cccc(CN(CC2CCCO2)C(=O)Cc2cnn(-c3ccccc3)c2)c1. The number of methoxy groups -OCH3 is 1. The van der Waals surface area contributed by atoms with Gasteiger partial charge in [0.05, 0.1) is 31.5 Å². The number of hydrogen-bond donors (Lipinski definition) is 0. The molecule has 156 valence electrons. The Kier molecular flexibility index (Phi) is 6.44. The van der Waals surface area contributed by atoms with Crippen LogP contribution in [0.4, 0.5) is 0 Å². The number of rotatable bonds is 8. The Bertz CT molecular complexity index is 965. The predicted molar refractivity (Wildman–Crippen MR) is 115 cm³/mol. The Hall–Kier alpha value is -3.12. The maximum Gasteiger partial charge on any atom is 0.227 e. The molecule has 0 aliphatic carbocycles. The smallest absolute Gasteiger partial charge is 0.227 e. The van der Waals surface area contributed by atoms with Crippen LogP contribution in [0.3, 0.4) is 0 Å². The molecule has 6 heteroatoms. The lowest BCUT2D eigenvalue weighted by atomic mass is 10.1. The summed E-state index contributed by atoms with van der Waals surface area (Å²) in [6.45, 7) is 1.90. The van der Waals surface area contributed by atoms with Gasteiger partial charge in [-0.15, -0.1) is 0 Å². The van der Waals surface area contributed by atoms with Crippen molar-refractivity contribution in [3.63, 3.8) is 0 Å². The second-order valence-electron chi connectivity index (χ2n) is 7.57. The van der Waals surface area contributed by atoms with Gasteiger partial charge in [0.1, 0.15) is 5.75 Å². The third-order valence-electron chi connectivity index (χ3n) is 5.32. The van der Waals surface area contributed by atoms with Crippen LogP contribution in [0.5, 0.6) is 5.75 Å². The van der Waals surface area contributed by atoms with Crippen LogP contribution in [0.25, 0.3) is 5.69 Å². The Morgan fingerprint density at radius 3 is 2.83 bits per heavy atom. The van der Waals surface area contributed by atoms with Gasteiger partial charge in [-0.25, -0.2) is 4.68 Å². The summed E-state index contributed by atoms with van der Waals surface area (Å²) in [5.74, 6) is 0.863. The Labute approximate surface area is 177 Å². The fraction of sp³-hybridized carbons (Fsp3) is 0.333. The molecule has 3 aromatic rings. The zero-order chi connectivity index (χ0) is 20.8. The zero-order valence-electron chi connectivity index (χ0n) is 17.2. The van der Waals surface area contributed by atoms with Crippen LogP contribution < -0.4 is 4.74 Å². The molecule has 0 radical (unpaired) electrons. The van der Waals surface area contributed by atoms with Crippen molar-refractivity contribution in [3.8, 4) is 11.4 Å². The molecule has 0 bridgehead atoms. The number of carbonyl (C=O) groups excluding carboxylic acids is 1. The minimum Gasteiger partial charge on any atom is -0.497 e. The molecule has 2 aromatic carbocycles. The normalized spacial score (nSPS) is 15.8. The molecule has 0 saturated carbocycles. The van der Waals surface area contributed by atoms with Gasteiger partial charge in [-0.3, -0.25) is 4.79 Å². The average Bonchev–Trinajstić information content (AvgIpc) is 3.46. The van der Waals surface area contributed by atoms with Crippen molar-refractivity contribution in [3.05, 3.63) is 78.1 Å². The zero-order valence-corrected chi connectivity index (χ0v) is 17.2. The maximum atomic E-state index is 13.2. The van der Waals surface area contributed by atoms with Crippen molar-refractivity contribution in [1.82, 2.24) is 14.7 Å². The predicted octanol–water partition coefficient (Wildman–Crippen LogP) is 3.63. The highest BCUT2D eigenvalue weighted by Crippen LogP contribution is 2.19. The molecule has 1 unspecified atom stereocenters. The molecule has 6 nitrogen and oxygen atoms in total. The number of hydrogen-bond acceptors (Lipinski definition) is 4. The minimum absolute atomic E-state index is 0.0703. The highest BCUT2D eigenvalue weighted by molar-refractivity contribution is 5.78. The molecule has 1 aromatic heterocycles. The Morgan fingerprint density at radius 1 is 1.20 bits per heavy atom. The summed E-state index contributed by atoms with van der Waals surface area (Å²) in [4.78, 5) is 15.1. The first kappa shape index (κ1) is 20.2. The first-order valence-electron chi connectivity index (χ1n) is 10.3. The van der Waals surface area contributed by atoms with Crippen molar-refractivity contribution >= 4 is 5.91 Å². The number of benzene rings is 2. The van der Waals surface area contributed by atoms with Gasteiger partial charge in [0.25, 0.3) is 0 Å². The third-order valence-corrected chi connectivity index (χ3v) is 5.32. The van der Waals surface area contributed by atoms with Crippen LogP contribution in [0.1, 0.15) is 24.0 Å². The van der Waals surface area contributed by atoms with Gasteiger partial charge >= 0.3 is 0 Å². The molecule has 1 aliphatic heterocycles. The van der Waals surface area contributed by atoms with Gasteiger partial charge in [-0.05, 0) is 48.2 Å². The first-order valence-corrected chi connectivity index (χ1v) is 10.3. The van der Waals surface area contributed by atoms with E-state index < -0.39 is 0 Å². The lowest BCUT2D eigenvalue weighted by Crippen LogP contribution is -2.37. The first-order chi connectivity index (χ1) is 14.7. The van der Waals surface area contributed by atoms with Crippen molar-refractivity contribution in [2.75, 3.05) is 20.3 Å². The third kappa shape index (κ3) is 5.07. The summed E-state index contributed by atoms with van der Waals surface area (Å²) in [5, 5.41) is 4.41. The van der Waals surface area contributed by atoms with Crippen LogP contribution in [0.15, 0.2) is 67.0 Å². The number of aromatic nitrogens is 2. The van der Waals surface area contributed by atoms with Crippen molar-refractivity contribution in [2.24, 2.45) is 0 Å². The van der Waals surface area contributed by atoms with Gasteiger partial charge in [-0.1, -0.05) is 30.3 Å². The van der Waals surface area contributed by atoms with E-state index in [0.717, 1.165) is 42.0 Å². The molecule has 0 spiro atoms. The molecule has 1 saturated heterocycles. The van der Waals surface area contributed by atoms with Crippen LogP contribution in [0.2, 0.25) is 0 Å². The van der Waals surface area contributed by atoms with E-state index in [0.29, 0.717) is 19.5 Å². The van der Waals surface area contributed by atoms with Crippen LogP contribution in [-0.4, -0.2) is 47.0 Å².